The van der Waals surface area contributed by atoms with Crippen LogP contribution in [0, 0.1) is 5.41 Å². The summed E-state index contributed by atoms with van der Waals surface area (Å²) in [6.07, 6.45) is 8.09. The first kappa shape index (κ1) is 22.6. The first-order chi connectivity index (χ1) is 16.1. The number of nitrogens with zero attached hydrogens (tertiary/aromatic N) is 4. The molecule has 3 aromatic rings. The number of hydrogen-bond acceptors (Lipinski definition) is 4. The third-order valence-electron chi connectivity index (χ3n) is 6.52. The molecule has 1 aliphatic heterocycles. The maximum absolute atomic E-state index is 13.8. The molecule has 0 aliphatic carbocycles. The number of rotatable bonds is 7. The zero-order valence-corrected chi connectivity index (χ0v) is 19.3. The summed E-state index contributed by atoms with van der Waals surface area (Å²) in [6.45, 7) is 6.29. The van der Waals surface area contributed by atoms with E-state index in [1.807, 2.05) is 48.0 Å². The molecule has 0 saturated carbocycles. The third-order valence-corrected chi connectivity index (χ3v) is 6.52. The Morgan fingerprint density at radius 2 is 1.70 bits per heavy atom. The Morgan fingerprint density at radius 3 is 2.36 bits per heavy atom. The SMILES string of the molecule is CCN(CC)C(=O)C1(Cc2cccc(-c3cccnc3)c2)CCN(C(=O)c2cccnc2)C1. The van der Waals surface area contributed by atoms with Crippen molar-refractivity contribution in [3.05, 3.63) is 84.4 Å². The van der Waals surface area contributed by atoms with Crippen LogP contribution >= 0.6 is 0 Å². The van der Waals surface area contributed by atoms with Gasteiger partial charge in [-0.15, -0.1) is 0 Å². The van der Waals surface area contributed by atoms with Crippen molar-refractivity contribution in [3.8, 4) is 11.1 Å². The summed E-state index contributed by atoms with van der Waals surface area (Å²) in [5.74, 6) is 0.0576. The third kappa shape index (κ3) is 4.80. The van der Waals surface area contributed by atoms with E-state index in [-0.39, 0.29) is 11.8 Å². The van der Waals surface area contributed by atoms with E-state index in [1.54, 1.807) is 30.7 Å². The van der Waals surface area contributed by atoms with Crippen LogP contribution in [0.2, 0.25) is 0 Å². The van der Waals surface area contributed by atoms with E-state index in [0.717, 1.165) is 16.7 Å². The lowest BCUT2D eigenvalue weighted by Crippen LogP contribution is -2.47. The molecule has 2 amide bonds. The summed E-state index contributed by atoms with van der Waals surface area (Å²) in [5, 5.41) is 0. The second-order valence-electron chi connectivity index (χ2n) is 8.60. The molecule has 2 aromatic heterocycles. The number of hydrogen-bond donors (Lipinski definition) is 0. The summed E-state index contributed by atoms with van der Waals surface area (Å²) < 4.78 is 0. The van der Waals surface area contributed by atoms with E-state index in [0.29, 0.717) is 44.6 Å². The van der Waals surface area contributed by atoms with Gasteiger partial charge in [-0.1, -0.05) is 30.3 Å². The molecule has 1 fully saturated rings. The zero-order chi connectivity index (χ0) is 23.3. The van der Waals surface area contributed by atoms with Crippen LogP contribution in [0.4, 0.5) is 0 Å². The highest BCUT2D eigenvalue weighted by molar-refractivity contribution is 5.95. The molecule has 0 N–H and O–H groups in total. The number of aromatic nitrogens is 2. The number of likely N-dealkylation sites (tertiary alicyclic amines) is 1. The molecule has 6 heteroatoms. The standard InChI is InChI=1S/C27H30N4O2/c1-3-30(4-2)26(33)27(12-15-31(20-27)25(32)24-11-7-14-29-19-24)17-21-8-5-9-22(16-21)23-10-6-13-28-18-23/h5-11,13-14,16,18-19H,3-4,12,15,17,20H2,1-2H3. The van der Waals surface area contributed by atoms with Gasteiger partial charge < -0.3 is 9.80 Å². The molecule has 0 spiro atoms. The molecule has 0 radical (unpaired) electrons. The van der Waals surface area contributed by atoms with Crippen molar-refractivity contribution >= 4 is 11.8 Å². The maximum atomic E-state index is 13.8. The second kappa shape index (κ2) is 9.94. The van der Waals surface area contributed by atoms with Crippen molar-refractivity contribution < 1.29 is 9.59 Å². The van der Waals surface area contributed by atoms with Gasteiger partial charge in [-0.2, -0.15) is 0 Å². The van der Waals surface area contributed by atoms with E-state index < -0.39 is 5.41 Å². The zero-order valence-electron chi connectivity index (χ0n) is 19.3. The Hall–Kier alpha value is -3.54. The Balaban J connectivity index is 1.64. The summed E-state index contributed by atoms with van der Waals surface area (Å²) in [4.78, 5) is 38.9. The monoisotopic (exact) mass is 442 g/mol. The fraction of sp³-hybridized carbons (Fsp3) is 0.333. The van der Waals surface area contributed by atoms with Crippen molar-refractivity contribution in [1.82, 2.24) is 19.8 Å². The first-order valence-electron chi connectivity index (χ1n) is 11.5. The molecule has 3 heterocycles. The van der Waals surface area contributed by atoms with Crippen molar-refractivity contribution in [2.75, 3.05) is 26.2 Å². The van der Waals surface area contributed by atoms with Crippen LogP contribution in [0.5, 0.6) is 0 Å². The van der Waals surface area contributed by atoms with Crippen LogP contribution in [-0.4, -0.2) is 57.8 Å². The lowest BCUT2D eigenvalue weighted by molar-refractivity contribution is -0.141. The number of benzene rings is 1. The van der Waals surface area contributed by atoms with Crippen LogP contribution in [0.15, 0.2) is 73.3 Å². The highest BCUT2D eigenvalue weighted by Crippen LogP contribution is 2.37. The summed E-state index contributed by atoms with van der Waals surface area (Å²) in [7, 11) is 0. The van der Waals surface area contributed by atoms with E-state index in [4.69, 9.17) is 0 Å². The summed E-state index contributed by atoms with van der Waals surface area (Å²) in [6, 6.07) is 15.8. The molecule has 170 valence electrons. The number of amides is 2. The van der Waals surface area contributed by atoms with Crippen molar-refractivity contribution in [1.29, 1.82) is 0 Å². The van der Waals surface area contributed by atoms with Gasteiger partial charge in [0.05, 0.1) is 11.0 Å². The van der Waals surface area contributed by atoms with E-state index >= 15 is 0 Å². The maximum Gasteiger partial charge on any atom is 0.255 e. The van der Waals surface area contributed by atoms with Crippen LogP contribution in [0.1, 0.15) is 36.2 Å². The normalized spacial score (nSPS) is 17.7. The number of pyridine rings is 2. The van der Waals surface area contributed by atoms with Crippen molar-refractivity contribution in [3.63, 3.8) is 0 Å². The summed E-state index contributed by atoms with van der Waals surface area (Å²) >= 11 is 0. The van der Waals surface area contributed by atoms with Crippen LogP contribution < -0.4 is 0 Å². The highest BCUT2D eigenvalue weighted by Gasteiger charge is 2.47. The Labute approximate surface area is 195 Å². The van der Waals surface area contributed by atoms with Gasteiger partial charge in [-0.3, -0.25) is 19.6 Å². The van der Waals surface area contributed by atoms with Gasteiger partial charge in [0.2, 0.25) is 5.91 Å². The average Bonchev–Trinajstić information content (AvgIpc) is 3.30. The topological polar surface area (TPSA) is 66.4 Å². The Kier molecular flexibility index (Phi) is 6.82. The minimum Gasteiger partial charge on any atom is -0.343 e. The van der Waals surface area contributed by atoms with Gasteiger partial charge in [0.25, 0.3) is 5.91 Å². The van der Waals surface area contributed by atoms with Gasteiger partial charge in [0.15, 0.2) is 0 Å². The number of carbonyl (C=O) groups is 2. The molecule has 33 heavy (non-hydrogen) atoms. The van der Waals surface area contributed by atoms with Crippen molar-refractivity contribution in [2.45, 2.75) is 26.7 Å². The van der Waals surface area contributed by atoms with Crippen molar-refractivity contribution in [2.24, 2.45) is 5.41 Å². The molecule has 1 aliphatic rings. The quantitative estimate of drug-likeness (QED) is 0.553. The molecular formula is C27H30N4O2. The molecule has 0 bridgehead atoms. The molecule has 1 unspecified atom stereocenters. The Bertz CT molecular complexity index is 1100. The largest absolute Gasteiger partial charge is 0.343 e. The van der Waals surface area contributed by atoms with Gasteiger partial charge in [0.1, 0.15) is 0 Å². The van der Waals surface area contributed by atoms with E-state index in [2.05, 4.69) is 28.2 Å². The minimum atomic E-state index is -0.641. The van der Waals surface area contributed by atoms with Crippen LogP contribution in [0.3, 0.4) is 0 Å². The van der Waals surface area contributed by atoms with Crippen LogP contribution in [-0.2, 0) is 11.2 Å². The molecule has 4 rings (SSSR count). The lowest BCUT2D eigenvalue weighted by atomic mass is 9.79. The fourth-order valence-corrected chi connectivity index (χ4v) is 4.74. The molecule has 6 nitrogen and oxygen atoms in total. The van der Waals surface area contributed by atoms with E-state index in [9.17, 15) is 9.59 Å². The minimum absolute atomic E-state index is 0.0681. The highest BCUT2D eigenvalue weighted by atomic mass is 16.2. The molecule has 1 atom stereocenters. The summed E-state index contributed by atoms with van der Waals surface area (Å²) in [5.41, 5.74) is 3.13. The smallest absolute Gasteiger partial charge is 0.255 e. The van der Waals surface area contributed by atoms with E-state index in [1.165, 1.54) is 0 Å². The Morgan fingerprint density at radius 1 is 0.970 bits per heavy atom. The average molecular weight is 443 g/mol. The van der Waals surface area contributed by atoms with Gasteiger partial charge in [0, 0.05) is 51.0 Å². The molecular weight excluding hydrogens is 412 g/mol. The van der Waals surface area contributed by atoms with Crippen LogP contribution in [0.25, 0.3) is 11.1 Å². The van der Waals surface area contributed by atoms with Gasteiger partial charge >= 0.3 is 0 Å². The van der Waals surface area contributed by atoms with Gasteiger partial charge in [-0.25, -0.2) is 0 Å². The lowest BCUT2D eigenvalue weighted by Gasteiger charge is -2.34. The molecule has 1 saturated heterocycles. The number of carbonyl (C=O) groups excluding carboxylic acids is 2. The second-order valence-corrected chi connectivity index (χ2v) is 8.60. The molecule has 1 aromatic carbocycles. The predicted octanol–water partition coefficient (Wildman–Crippen LogP) is 4.09. The predicted molar refractivity (Wildman–Crippen MR) is 128 cm³/mol. The van der Waals surface area contributed by atoms with Gasteiger partial charge in [-0.05, 0) is 61.6 Å². The first-order valence-corrected chi connectivity index (χ1v) is 11.5. The fourth-order valence-electron chi connectivity index (χ4n) is 4.74.